The number of nitrogens with zero attached hydrogens (tertiary/aromatic N) is 1. The Morgan fingerprint density at radius 2 is 1.92 bits per heavy atom. The largest absolute Gasteiger partial charge is 0.508 e. The van der Waals surface area contributed by atoms with Crippen molar-refractivity contribution in [2.45, 2.75) is 13.8 Å². The van der Waals surface area contributed by atoms with E-state index in [1.165, 1.54) is 6.07 Å². The Morgan fingerprint density at radius 3 is 2.58 bits per heavy atom. The molecule has 0 bridgehead atoms. The fourth-order valence-corrected chi connectivity index (χ4v) is 2.95. The van der Waals surface area contributed by atoms with Gasteiger partial charge in [-0.3, -0.25) is 0 Å². The lowest BCUT2D eigenvalue weighted by Gasteiger charge is -2.14. The molecular weight excluding hydrogens is 301 g/mol. The zero-order valence-corrected chi connectivity index (χ0v) is 13.7. The van der Waals surface area contributed by atoms with Gasteiger partial charge in [-0.05, 0) is 37.6 Å². The molecule has 0 saturated carbocycles. The lowest BCUT2D eigenvalue weighted by molar-refractivity contribution is 0.514. The Bertz CT molecular complexity index is 952. The SMILES string of the molecule is C=C(O)c1cc(/C(=C/C)c2c(C)cccc2F)nc2ccccc12. The Labute approximate surface area is 140 Å². The van der Waals surface area contributed by atoms with Crippen molar-refractivity contribution in [1.29, 1.82) is 0 Å². The molecular formula is C21H18FNO. The van der Waals surface area contributed by atoms with Crippen LogP contribution in [-0.2, 0) is 0 Å². The Balaban J connectivity index is 2.30. The van der Waals surface area contributed by atoms with Gasteiger partial charge < -0.3 is 5.11 Å². The van der Waals surface area contributed by atoms with Gasteiger partial charge in [0.25, 0.3) is 0 Å². The molecule has 1 N–H and O–H groups in total. The number of aliphatic hydroxyl groups excluding tert-OH is 1. The summed E-state index contributed by atoms with van der Waals surface area (Å²) < 4.78 is 14.4. The summed E-state index contributed by atoms with van der Waals surface area (Å²) >= 11 is 0. The number of aryl methyl sites for hydroxylation is 1. The molecule has 0 fully saturated rings. The third kappa shape index (κ3) is 2.69. The van der Waals surface area contributed by atoms with Crippen molar-refractivity contribution in [2.24, 2.45) is 0 Å². The van der Waals surface area contributed by atoms with Crippen LogP contribution in [0.4, 0.5) is 4.39 Å². The summed E-state index contributed by atoms with van der Waals surface area (Å²) in [6, 6.07) is 14.3. The predicted molar refractivity (Wildman–Crippen MR) is 97.3 cm³/mol. The van der Waals surface area contributed by atoms with Crippen molar-refractivity contribution in [2.75, 3.05) is 0 Å². The summed E-state index contributed by atoms with van der Waals surface area (Å²) in [6.45, 7) is 7.37. The highest BCUT2D eigenvalue weighted by molar-refractivity contribution is 5.93. The number of hydrogen-bond acceptors (Lipinski definition) is 2. The van der Waals surface area contributed by atoms with Crippen molar-refractivity contribution in [1.82, 2.24) is 4.98 Å². The minimum Gasteiger partial charge on any atom is -0.508 e. The quantitative estimate of drug-likeness (QED) is 0.632. The smallest absolute Gasteiger partial charge is 0.131 e. The number of benzene rings is 2. The van der Waals surface area contributed by atoms with Gasteiger partial charge in [0.1, 0.15) is 11.6 Å². The van der Waals surface area contributed by atoms with Gasteiger partial charge in [-0.15, -0.1) is 0 Å². The summed E-state index contributed by atoms with van der Waals surface area (Å²) in [5.41, 5.74) is 3.99. The molecule has 3 heteroatoms. The molecule has 2 nitrogen and oxygen atoms in total. The first-order chi connectivity index (χ1) is 11.5. The Kier molecular flexibility index (Phi) is 4.17. The topological polar surface area (TPSA) is 33.1 Å². The second-order valence-electron chi connectivity index (χ2n) is 5.65. The highest BCUT2D eigenvalue weighted by Crippen LogP contribution is 2.31. The van der Waals surface area contributed by atoms with Crippen LogP contribution in [0.25, 0.3) is 22.2 Å². The second-order valence-corrected chi connectivity index (χ2v) is 5.65. The fraction of sp³-hybridized carbons (Fsp3) is 0.0952. The number of pyridine rings is 1. The van der Waals surface area contributed by atoms with Crippen LogP contribution in [0.3, 0.4) is 0 Å². The van der Waals surface area contributed by atoms with Gasteiger partial charge >= 0.3 is 0 Å². The summed E-state index contributed by atoms with van der Waals surface area (Å²) in [5.74, 6) is -0.321. The highest BCUT2D eigenvalue weighted by Gasteiger charge is 2.16. The maximum Gasteiger partial charge on any atom is 0.131 e. The molecule has 3 rings (SSSR count). The van der Waals surface area contributed by atoms with Gasteiger partial charge in [-0.1, -0.05) is 43.0 Å². The molecule has 0 aliphatic heterocycles. The first kappa shape index (κ1) is 15.9. The number of para-hydroxylation sites is 1. The van der Waals surface area contributed by atoms with Gasteiger partial charge in [-0.25, -0.2) is 9.37 Å². The summed E-state index contributed by atoms with van der Waals surface area (Å²) in [5, 5.41) is 10.8. The second kappa shape index (κ2) is 6.28. The van der Waals surface area contributed by atoms with Gasteiger partial charge in [0.2, 0.25) is 0 Å². The molecule has 0 saturated heterocycles. The van der Waals surface area contributed by atoms with Crippen molar-refractivity contribution in [3.05, 3.63) is 89.4 Å². The van der Waals surface area contributed by atoms with E-state index in [9.17, 15) is 9.50 Å². The number of rotatable bonds is 3. The molecule has 120 valence electrons. The zero-order chi connectivity index (χ0) is 17.3. The van der Waals surface area contributed by atoms with Crippen LogP contribution in [0, 0.1) is 12.7 Å². The summed E-state index contributed by atoms with van der Waals surface area (Å²) in [6.07, 6.45) is 1.84. The van der Waals surface area contributed by atoms with Crippen LogP contribution in [0.1, 0.15) is 29.3 Å². The van der Waals surface area contributed by atoms with E-state index in [-0.39, 0.29) is 11.6 Å². The molecule has 24 heavy (non-hydrogen) atoms. The fourth-order valence-electron chi connectivity index (χ4n) is 2.95. The predicted octanol–water partition coefficient (Wildman–Crippen LogP) is 5.66. The number of allylic oxidation sites excluding steroid dienone is 1. The van der Waals surface area contributed by atoms with E-state index in [1.54, 1.807) is 12.1 Å². The molecule has 0 atom stereocenters. The average Bonchev–Trinajstić information content (AvgIpc) is 2.57. The van der Waals surface area contributed by atoms with Crippen molar-refractivity contribution < 1.29 is 9.50 Å². The molecule has 0 amide bonds. The lowest BCUT2D eigenvalue weighted by atomic mass is 9.95. The van der Waals surface area contributed by atoms with E-state index in [2.05, 4.69) is 11.6 Å². The maximum atomic E-state index is 14.4. The summed E-state index contributed by atoms with van der Waals surface area (Å²) in [4.78, 5) is 4.66. The first-order valence-electron chi connectivity index (χ1n) is 7.73. The van der Waals surface area contributed by atoms with Crippen LogP contribution in [-0.4, -0.2) is 10.1 Å². The summed E-state index contributed by atoms with van der Waals surface area (Å²) in [7, 11) is 0. The first-order valence-corrected chi connectivity index (χ1v) is 7.73. The number of halogens is 1. The minimum absolute atomic E-state index is 0.0319. The van der Waals surface area contributed by atoms with E-state index in [0.29, 0.717) is 22.4 Å². The zero-order valence-electron chi connectivity index (χ0n) is 13.7. The van der Waals surface area contributed by atoms with E-state index in [4.69, 9.17) is 0 Å². The number of aliphatic hydroxyl groups is 1. The van der Waals surface area contributed by atoms with Gasteiger partial charge in [0.15, 0.2) is 0 Å². The molecule has 1 aromatic heterocycles. The van der Waals surface area contributed by atoms with Gasteiger partial charge in [0, 0.05) is 22.1 Å². The molecule has 0 unspecified atom stereocenters. The highest BCUT2D eigenvalue weighted by atomic mass is 19.1. The van der Waals surface area contributed by atoms with Crippen LogP contribution in [0.2, 0.25) is 0 Å². The third-order valence-electron chi connectivity index (χ3n) is 4.08. The maximum absolute atomic E-state index is 14.4. The minimum atomic E-state index is -0.289. The third-order valence-corrected chi connectivity index (χ3v) is 4.08. The molecule has 0 aliphatic carbocycles. The van der Waals surface area contributed by atoms with Crippen LogP contribution in [0.5, 0.6) is 0 Å². The molecule has 0 aliphatic rings. The Morgan fingerprint density at radius 1 is 1.17 bits per heavy atom. The molecule has 3 aromatic rings. The van der Waals surface area contributed by atoms with Crippen LogP contribution < -0.4 is 0 Å². The van der Waals surface area contributed by atoms with E-state index >= 15 is 0 Å². The molecule has 1 heterocycles. The van der Waals surface area contributed by atoms with Crippen LogP contribution in [0.15, 0.2) is 61.2 Å². The van der Waals surface area contributed by atoms with Crippen molar-refractivity contribution in [3.63, 3.8) is 0 Å². The van der Waals surface area contributed by atoms with Gasteiger partial charge in [0.05, 0.1) is 11.2 Å². The standard InChI is InChI=1S/C21H18FNO/c1-4-15(21-13(2)8-7-10-18(21)22)20-12-17(14(3)24)16-9-5-6-11-19(16)23-20/h4-12,24H,3H2,1-2H3/b15-4-. The lowest BCUT2D eigenvalue weighted by Crippen LogP contribution is -2.00. The van der Waals surface area contributed by atoms with Crippen molar-refractivity contribution in [3.8, 4) is 0 Å². The number of fused-ring (bicyclic) bond motifs is 1. The average molecular weight is 319 g/mol. The van der Waals surface area contributed by atoms with E-state index in [1.807, 2.05) is 50.3 Å². The normalized spacial score (nSPS) is 11.7. The Hall–Kier alpha value is -2.94. The monoisotopic (exact) mass is 319 g/mol. The molecule has 2 aromatic carbocycles. The van der Waals surface area contributed by atoms with E-state index in [0.717, 1.165) is 16.5 Å². The number of aromatic nitrogens is 1. The van der Waals surface area contributed by atoms with Crippen molar-refractivity contribution >= 4 is 22.2 Å². The number of hydrogen-bond donors (Lipinski definition) is 1. The molecule has 0 radical (unpaired) electrons. The van der Waals surface area contributed by atoms with Crippen LogP contribution >= 0.6 is 0 Å². The van der Waals surface area contributed by atoms with Gasteiger partial charge in [-0.2, -0.15) is 0 Å². The molecule has 0 spiro atoms. The van der Waals surface area contributed by atoms with E-state index < -0.39 is 0 Å².